The molecule has 3 heteroatoms. The van der Waals surface area contributed by atoms with Crippen LogP contribution in [0.4, 0.5) is 5.82 Å². The van der Waals surface area contributed by atoms with Crippen LogP contribution in [0.5, 0.6) is 0 Å². The molecule has 0 aliphatic carbocycles. The molecule has 0 atom stereocenters. The molecule has 0 saturated heterocycles. The Bertz CT molecular complexity index is 1220. The molecule has 0 aliphatic heterocycles. The standard InChI is InChI=1S/C26H21N3/c1-17-8-9-22(14-18(17)2)25-15-23(24(16-27)26(28)29-25)21-12-10-20(11-13-21)19-6-4-3-5-7-19/h3-15H,1-2H3,(H2,28,29). The maximum atomic E-state index is 9.67. The predicted octanol–water partition coefficient (Wildman–Crippen LogP) is 6.15. The SMILES string of the molecule is Cc1ccc(-c2cc(-c3ccc(-c4ccccc4)cc3)c(C#N)c(N)n2)cc1C. The molecule has 0 unspecified atom stereocenters. The van der Waals surface area contributed by atoms with Gasteiger partial charge < -0.3 is 5.73 Å². The van der Waals surface area contributed by atoms with E-state index in [1.807, 2.05) is 42.5 Å². The Balaban J connectivity index is 1.81. The number of nitrogens with two attached hydrogens (primary N) is 1. The number of aryl methyl sites for hydroxylation is 2. The van der Waals surface area contributed by atoms with Crippen LogP contribution in [0.25, 0.3) is 33.5 Å². The third kappa shape index (κ3) is 3.61. The summed E-state index contributed by atoms with van der Waals surface area (Å²) in [6, 6.07) is 28.8. The maximum Gasteiger partial charge on any atom is 0.142 e. The summed E-state index contributed by atoms with van der Waals surface area (Å²) < 4.78 is 0. The number of rotatable bonds is 3. The minimum absolute atomic E-state index is 0.255. The van der Waals surface area contributed by atoms with Crippen LogP contribution in [0.1, 0.15) is 16.7 Å². The number of hydrogen-bond donors (Lipinski definition) is 1. The molecule has 0 spiro atoms. The summed E-state index contributed by atoms with van der Waals surface area (Å²) in [6.07, 6.45) is 0. The van der Waals surface area contributed by atoms with Gasteiger partial charge in [-0.15, -0.1) is 0 Å². The van der Waals surface area contributed by atoms with Crippen molar-refractivity contribution in [2.24, 2.45) is 0 Å². The zero-order valence-electron chi connectivity index (χ0n) is 16.5. The van der Waals surface area contributed by atoms with E-state index < -0.39 is 0 Å². The van der Waals surface area contributed by atoms with E-state index in [1.165, 1.54) is 11.1 Å². The van der Waals surface area contributed by atoms with Gasteiger partial charge >= 0.3 is 0 Å². The van der Waals surface area contributed by atoms with Gasteiger partial charge in [-0.3, -0.25) is 0 Å². The molecular weight excluding hydrogens is 354 g/mol. The first-order chi connectivity index (χ1) is 14.1. The van der Waals surface area contributed by atoms with Crippen molar-refractivity contribution in [1.29, 1.82) is 5.26 Å². The fourth-order valence-electron chi connectivity index (χ4n) is 3.43. The van der Waals surface area contributed by atoms with E-state index in [4.69, 9.17) is 5.73 Å². The molecule has 0 fully saturated rings. The minimum atomic E-state index is 0.255. The number of anilines is 1. The van der Waals surface area contributed by atoms with Gasteiger partial charge in [0.15, 0.2) is 0 Å². The first-order valence-corrected chi connectivity index (χ1v) is 9.51. The molecule has 140 valence electrons. The third-order valence-corrected chi connectivity index (χ3v) is 5.26. The average molecular weight is 375 g/mol. The Morgan fingerprint density at radius 2 is 1.34 bits per heavy atom. The Labute approximate surface area is 171 Å². The highest BCUT2D eigenvalue weighted by Gasteiger charge is 2.14. The highest BCUT2D eigenvalue weighted by atomic mass is 14.8. The summed E-state index contributed by atoms with van der Waals surface area (Å²) in [7, 11) is 0. The number of nitrogen functional groups attached to an aromatic ring is 1. The van der Waals surface area contributed by atoms with E-state index in [0.717, 1.165) is 33.5 Å². The summed E-state index contributed by atoms with van der Waals surface area (Å²) in [4.78, 5) is 4.49. The van der Waals surface area contributed by atoms with Gasteiger partial charge in [-0.25, -0.2) is 4.98 Å². The molecule has 0 bridgehead atoms. The monoisotopic (exact) mass is 375 g/mol. The van der Waals surface area contributed by atoms with Crippen molar-refractivity contribution in [3.8, 4) is 39.6 Å². The summed E-state index contributed by atoms with van der Waals surface area (Å²) in [5.41, 5.74) is 14.8. The van der Waals surface area contributed by atoms with Crippen molar-refractivity contribution in [2.45, 2.75) is 13.8 Å². The van der Waals surface area contributed by atoms with Crippen LogP contribution in [-0.2, 0) is 0 Å². The number of nitriles is 1. The molecule has 0 amide bonds. The quantitative estimate of drug-likeness (QED) is 0.467. The van der Waals surface area contributed by atoms with Crippen molar-refractivity contribution < 1.29 is 0 Å². The molecule has 3 nitrogen and oxygen atoms in total. The van der Waals surface area contributed by atoms with Crippen LogP contribution in [0.2, 0.25) is 0 Å². The molecule has 1 heterocycles. The van der Waals surface area contributed by atoms with Gasteiger partial charge in [-0.2, -0.15) is 5.26 Å². The van der Waals surface area contributed by atoms with E-state index >= 15 is 0 Å². The van der Waals surface area contributed by atoms with Gasteiger partial charge in [0, 0.05) is 11.1 Å². The number of benzene rings is 3. The molecule has 29 heavy (non-hydrogen) atoms. The predicted molar refractivity (Wildman–Crippen MR) is 119 cm³/mol. The fraction of sp³-hybridized carbons (Fsp3) is 0.0769. The third-order valence-electron chi connectivity index (χ3n) is 5.26. The van der Waals surface area contributed by atoms with Crippen molar-refractivity contribution in [3.63, 3.8) is 0 Å². The van der Waals surface area contributed by atoms with E-state index in [-0.39, 0.29) is 5.82 Å². The van der Waals surface area contributed by atoms with E-state index in [2.05, 4.69) is 61.3 Å². The van der Waals surface area contributed by atoms with E-state index in [0.29, 0.717) is 5.56 Å². The number of pyridine rings is 1. The fourth-order valence-corrected chi connectivity index (χ4v) is 3.43. The van der Waals surface area contributed by atoms with Gasteiger partial charge in [0.1, 0.15) is 17.5 Å². The van der Waals surface area contributed by atoms with Gasteiger partial charge in [0.25, 0.3) is 0 Å². The Morgan fingerprint density at radius 3 is 2.00 bits per heavy atom. The molecule has 0 radical (unpaired) electrons. The zero-order chi connectivity index (χ0) is 20.4. The van der Waals surface area contributed by atoms with E-state index in [1.54, 1.807) is 0 Å². The van der Waals surface area contributed by atoms with Crippen molar-refractivity contribution in [2.75, 3.05) is 5.73 Å². The van der Waals surface area contributed by atoms with Crippen molar-refractivity contribution in [1.82, 2.24) is 4.98 Å². The number of nitrogens with zero attached hydrogens (tertiary/aromatic N) is 2. The van der Waals surface area contributed by atoms with Crippen LogP contribution in [0, 0.1) is 25.2 Å². The molecule has 3 aromatic carbocycles. The second-order valence-corrected chi connectivity index (χ2v) is 7.17. The highest BCUT2D eigenvalue weighted by Crippen LogP contribution is 2.33. The lowest BCUT2D eigenvalue weighted by atomic mass is 9.95. The number of aromatic nitrogens is 1. The van der Waals surface area contributed by atoms with Gasteiger partial charge in [-0.1, -0.05) is 66.7 Å². The van der Waals surface area contributed by atoms with Crippen molar-refractivity contribution in [3.05, 3.63) is 95.6 Å². The number of hydrogen-bond acceptors (Lipinski definition) is 3. The molecule has 0 saturated carbocycles. The largest absolute Gasteiger partial charge is 0.383 e. The second kappa shape index (κ2) is 7.61. The van der Waals surface area contributed by atoms with Crippen LogP contribution >= 0.6 is 0 Å². The molecule has 1 aromatic heterocycles. The normalized spacial score (nSPS) is 10.5. The minimum Gasteiger partial charge on any atom is -0.383 e. The smallest absolute Gasteiger partial charge is 0.142 e. The highest BCUT2D eigenvalue weighted by molar-refractivity contribution is 5.81. The lowest BCUT2D eigenvalue weighted by Gasteiger charge is -2.12. The summed E-state index contributed by atoms with van der Waals surface area (Å²) in [5, 5.41) is 9.67. The molecular formula is C26H21N3. The van der Waals surface area contributed by atoms with E-state index in [9.17, 15) is 5.26 Å². The lowest BCUT2D eigenvalue weighted by Crippen LogP contribution is -2.00. The Kier molecular flexibility index (Phi) is 4.85. The average Bonchev–Trinajstić information content (AvgIpc) is 2.76. The summed E-state index contributed by atoms with van der Waals surface area (Å²) in [5.74, 6) is 0.255. The van der Waals surface area contributed by atoms with Gasteiger partial charge in [0.05, 0.1) is 5.69 Å². The summed E-state index contributed by atoms with van der Waals surface area (Å²) >= 11 is 0. The molecule has 4 aromatic rings. The first kappa shape index (κ1) is 18.5. The molecule has 4 rings (SSSR count). The lowest BCUT2D eigenvalue weighted by molar-refractivity contribution is 1.29. The Morgan fingerprint density at radius 1 is 0.724 bits per heavy atom. The first-order valence-electron chi connectivity index (χ1n) is 9.51. The maximum absolute atomic E-state index is 9.67. The van der Waals surface area contributed by atoms with Crippen LogP contribution < -0.4 is 5.73 Å². The van der Waals surface area contributed by atoms with Gasteiger partial charge in [0.2, 0.25) is 0 Å². The van der Waals surface area contributed by atoms with Crippen LogP contribution in [-0.4, -0.2) is 4.98 Å². The zero-order valence-corrected chi connectivity index (χ0v) is 16.5. The summed E-state index contributed by atoms with van der Waals surface area (Å²) in [6.45, 7) is 4.16. The van der Waals surface area contributed by atoms with Crippen molar-refractivity contribution >= 4 is 5.82 Å². The second-order valence-electron chi connectivity index (χ2n) is 7.17. The molecule has 2 N–H and O–H groups in total. The van der Waals surface area contributed by atoms with Crippen LogP contribution in [0.15, 0.2) is 78.9 Å². The topological polar surface area (TPSA) is 62.7 Å². The Hall–Kier alpha value is -3.90. The molecule has 0 aliphatic rings. The van der Waals surface area contributed by atoms with Gasteiger partial charge in [-0.05, 0) is 53.8 Å². The van der Waals surface area contributed by atoms with Crippen LogP contribution in [0.3, 0.4) is 0 Å².